The molecule has 1 fully saturated rings. The quantitative estimate of drug-likeness (QED) is 0.850. The van der Waals surface area contributed by atoms with E-state index in [1.54, 1.807) is 0 Å². The van der Waals surface area contributed by atoms with Gasteiger partial charge < -0.3 is 9.64 Å². The molecule has 4 nitrogen and oxygen atoms in total. The maximum Gasteiger partial charge on any atom is 0.260 e. The molecule has 1 heterocycles. The Morgan fingerprint density at radius 3 is 2.38 bits per heavy atom. The summed E-state index contributed by atoms with van der Waals surface area (Å²) in [6, 6.07) is 19.0. The van der Waals surface area contributed by atoms with Gasteiger partial charge in [-0.2, -0.15) is 0 Å². The van der Waals surface area contributed by atoms with Crippen LogP contribution < -0.4 is 4.74 Å². The largest absolute Gasteiger partial charge is 0.484 e. The molecular weight excluding hydrogens is 324 g/mol. The number of fused-ring (bicyclic) bond motifs is 1. The van der Waals surface area contributed by atoms with Crippen LogP contribution in [0.15, 0.2) is 54.6 Å². The number of carbonyl (C=O) groups excluding carboxylic acids is 1. The number of piperazine rings is 1. The average molecular weight is 350 g/mol. The lowest BCUT2D eigenvalue weighted by Crippen LogP contribution is -2.53. The highest BCUT2D eigenvalue weighted by molar-refractivity contribution is 5.77. The summed E-state index contributed by atoms with van der Waals surface area (Å²) >= 11 is 0. The van der Waals surface area contributed by atoms with Crippen LogP contribution in [-0.4, -0.2) is 54.5 Å². The van der Waals surface area contributed by atoms with Crippen molar-refractivity contribution in [3.63, 3.8) is 0 Å². The van der Waals surface area contributed by atoms with E-state index in [1.807, 2.05) is 35.2 Å². The first-order valence-electron chi connectivity index (χ1n) is 9.56. The monoisotopic (exact) mass is 350 g/mol. The number of amides is 1. The number of carbonyl (C=O) groups is 1. The number of rotatable bonds is 4. The van der Waals surface area contributed by atoms with Crippen molar-refractivity contribution < 1.29 is 9.53 Å². The molecule has 2 aromatic carbocycles. The normalized spacial score (nSPS) is 20.5. The van der Waals surface area contributed by atoms with Crippen molar-refractivity contribution in [1.82, 2.24) is 9.80 Å². The first kappa shape index (κ1) is 17.1. The van der Waals surface area contributed by atoms with Gasteiger partial charge >= 0.3 is 0 Å². The summed E-state index contributed by atoms with van der Waals surface area (Å²) < 4.78 is 5.60. The van der Waals surface area contributed by atoms with Crippen LogP contribution in [0.1, 0.15) is 17.5 Å². The Morgan fingerprint density at radius 2 is 1.62 bits per heavy atom. The van der Waals surface area contributed by atoms with E-state index in [-0.39, 0.29) is 12.5 Å². The molecule has 1 amide bonds. The predicted molar refractivity (Wildman–Crippen MR) is 102 cm³/mol. The van der Waals surface area contributed by atoms with Gasteiger partial charge in [-0.1, -0.05) is 42.5 Å². The third-order valence-corrected chi connectivity index (χ3v) is 5.61. The third-order valence-electron chi connectivity index (χ3n) is 5.61. The zero-order valence-electron chi connectivity index (χ0n) is 15.1. The molecule has 0 bridgehead atoms. The molecule has 0 unspecified atom stereocenters. The van der Waals surface area contributed by atoms with Crippen molar-refractivity contribution in [3.05, 3.63) is 65.7 Å². The minimum Gasteiger partial charge on any atom is -0.484 e. The Bertz CT molecular complexity index is 739. The molecular formula is C22H26N2O2. The van der Waals surface area contributed by atoms with E-state index in [4.69, 9.17) is 4.74 Å². The molecule has 1 atom stereocenters. The molecule has 136 valence electrons. The van der Waals surface area contributed by atoms with Crippen molar-refractivity contribution in [1.29, 1.82) is 0 Å². The van der Waals surface area contributed by atoms with Crippen LogP contribution in [0.3, 0.4) is 0 Å². The second kappa shape index (κ2) is 7.92. The minimum atomic E-state index is 0.0856. The Hall–Kier alpha value is -2.33. The average Bonchev–Trinajstić information content (AvgIpc) is 2.72. The molecule has 4 heteroatoms. The SMILES string of the molecule is O=C(COc1ccccc1)N1CCN([C@@H]2CCc3ccccc3C2)CC1. The molecule has 0 saturated carbocycles. The summed E-state index contributed by atoms with van der Waals surface area (Å²) in [5, 5.41) is 0. The summed E-state index contributed by atoms with van der Waals surface area (Å²) in [6.07, 6.45) is 3.54. The van der Waals surface area contributed by atoms with E-state index in [0.29, 0.717) is 6.04 Å². The smallest absolute Gasteiger partial charge is 0.260 e. The van der Waals surface area contributed by atoms with E-state index in [2.05, 4.69) is 29.2 Å². The zero-order chi connectivity index (χ0) is 17.8. The highest BCUT2D eigenvalue weighted by Crippen LogP contribution is 2.25. The topological polar surface area (TPSA) is 32.8 Å². The fraction of sp³-hybridized carbons (Fsp3) is 0.409. The fourth-order valence-electron chi connectivity index (χ4n) is 4.08. The van der Waals surface area contributed by atoms with Crippen LogP contribution in [0, 0.1) is 0 Å². The van der Waals surface area contributed by atoms with Crippen LogP contribution in [-0.2, 0) is 17.6 Å². The van der Waals surface area contributed by atoms with Gasteiger partial charge in [0.25, 0.3) is 5.91 Å². The van der Waals surface area contributed by atoms with E-state index in [9.17, 15) is 4.79 Å². The number of ether oxygens (including phenoxy) is 1. The Kier molecular flexibility index (Phi) is 5.21. The Labute approximate surface area is 155 Å². The first-order valence-corrected chi connectivity index (χ1v) is 9.56. The summed E-state index contributed by atoms with van der Waals surface area (Å²) in [5.74, 6) is 0.836. The molecule has 1 aliphatic heterocycles. The Morgan fingerprint density at radius 1 is 0.923 bits per heavy atom. The van der Waals surface area contributed by atoms with Crippen LogP contribution in [0.25, 0.3) is 0 Å². The van der Waals surface area contributed by atoms with Gasteiger partial charge in [0.05, 0.1) is 0 Å². The van der Waals surface area contributed by atoms with E-state index in [0.717, 1.165) is 38.3 Å². The molecule has 2 aliphatic rings. The highest BCUT2D eigenvalue weighted by Gasteiger charge is 2.28. The van der Waals surface area contributed by atoms with Crippen molar-refractivity contribution in [2.45, 2.75) is 25.3 Å². The van der Waals surface area contributed by atoms with Crippen molar-refractivity contribution in [2.24, 2.45) is 0 Å². The number of para-hydroxylation sites is 1. The standard InChI is InChI=1S/C22H26N2O2/c25-22(17-26-21-8-2-1-3-9-21)24-14-12-23(13-15-24)20-11-10-18-6-4-5-7-19(18)16-20/h1-9,20H,10-17H2/t20-/m1/s1. The van der Waals surface area contributed by atoms with E-state index >= 15 is 0 Å². The third kappa shape index (κ3) is 3.91. The molecule has 26 heavy (non-hydrogen) atoms. The lowest BCUT2D eigenvalue weighted by molar-refractivity contribution is -0.135. The van der Waals surface area contributed by atoms with Gasteiger partial charge in [0.15, 0.2) is 6.61 Å². The second-order valence-corrected chi connectivity index (χ2v) is 7.18. The number of aryl methyl sites for hydroxylation is 1. The number of nitrogens with zero attached hydrogens (tertiary/aromatic N) is 2. The zero-order valence-corrected chi connectivity index (χ0v) is 15.1. The molecule has 4 rings (SSSR count). The number of benzene rings is 2. The lowest BCUT2D eigenvalue weighted by atomic mass is 9.87. The van der Waals surface area contributed by atoms with Crippen molar-refractivity contribution >= 4 is 5.91 Å². The van der Waals surface area contributed by atoms with Gasteiger partial charge in [0.1, 0.15) is 5.75 Å². The summed E-state index contributed by atoms with van der Waals surface area (Å²) in [7, 11) is 0. The van der Waals surface area contributed by atoms with Crippen molar-refractivity contribution in [3.8, 4) is 5.75 Å². The predicted octanol–water partition coefficient (Wildman–Crippen LogP) is 2.77. The molecule has 0 aromatic heterocycles. The van der Waals surface area contributed by atoms with Gasteiger partial charge in [0, 0.05) is 32.2 Å². The molecule has 1 aliphatic carbocycles. The number of hydrogen-bond acceptors (Lipinski definition) is 3. The van der Waals surface area contributed by atoms with Crippen LogP contribution in [0.2, 0.25) is 0 Å². The maximum absolute atomic E-state index is 12.4. The van der Waals surface area contributed by atoms with E-state index in [1.165, 1.54) is 24.0 Å². The van der Waals surface area contributed by atoms with Gasteiger partial charge in [-0.15, -0.1) is 0 Å². The maximum atomic E-state index is 12.4. The summed E-state index contributed by atoms with van der Waals surface area (Å²) in [6.45, 7) is 3.65. The van der Waals surface area contributed by atoms with Gasteiger partial charge in [-0.3, -0.25) is 9.69 Å². The van der Waals surface area contributed by atoms with Crippen LogP contribution in [0.4, 0.5) is 0 Å². The molecule has 0 N–H and O–H groups in total. The second-order valence-electron chi connectivity index (χ2n) is 7.18. The van der Waals surface area contributed by atoms with Gasteiger partial charge in [0.2, 0.25) is 0 Å². The van der Waals surface area contributed by atoms with Gasteiger partial charge in [-0.25, -0.2) is 0 Å². The first-order chi connectivity index (χ1) is 12.8. The lowest BCUT2D eigenvalue weighted by Gasteiger charge is -2.41. The van der Waals surface area contributed by atoms with E-state index < -0.39 is 0 Å². The van der Waals surface area contributed by atoms with Gasteiger partial charge in [-0.05, 0) is 42.5 Å². The molecule has 1 saturated heterocycles. The summed E-state index contributed by atoms with van der Waals surface area (Å²) in [5.41, 5.74) is 3.01. The van der Waals surface area contributed by atoms with Crippen LogP contribution in [0.5, 0.6) is 5.75 Å². The Balaban J connectivity index is 1.26. The number of hydrogen-bond donors (Lipinski definition) is 0. The molecule has 0 spiro atoms. The minimum absolute atomic E-state index is 0.0856. The fourth-order valence-corrected chi connectivity index (χ4v) is 4.08. The molecule has 2 aromatic rings. The van der Waals surface area contributed by atoms with Crippen molar-refractivity contribution in [2.75, 3.05) is 32.8 Å². The van der Waals surface area contributed by atoms with Crippen LogP contribution >= 0.6 is 0 Å². The summed E-state index contributed by atoms with van der Waals surface area (Å²) in [4.78, 5) is 16.9. The highest BCUT2D eigenvalue weighted by atomic mass is 16.5. The molecule has 0 radical (unpaired) electrons.